The number of amidine groups is 1. The Bertz CT molecular complexity index is 532. The minimum atomic E-state index is 0.171. The summed E-state index contributed by atoms with van der Waals surface area (Å²) in [6.07, 6.45) is 7.66. The van der Waals surface area contributed by atoms with Crippen molar-refractivity contribution in [2.75, 3.05) is 0 Å². The van der Waals surface area contributed by atoms with E-state index in [0.29, 0.717) is 12.5 Å². The number of imidazole rings is 1. The van der Waals surface area contributed by atoms with Gasteiger partial charge in [0.15, 0.2) is 0 Å². The van der Waals surface area contributed by atoms with Gasteiger partial charge in [0, 0.05) is 24.4 Å². The van der Waals surface area contributed by atoms with Gasteiger partial charge in [-0.15, -0.1) is 0 Å². The van der Waals surface area contributed by atoms with E-state index in [1.54, 1.807) is 0 Å². The zero-order valence-corrected chi connectivity index (χ0v) is 9.06. The van der Waals surface area contributed by atoms with E-state index in [4.69, 9.17) is 11.1 Å². The van der Waals surface area contributed by atoms with E-state index in [2.05, 4.69) is 11.2 Å². The highest BCUT2D eigenvalue weighted by molar-refractivity contribution is 5.77. The van der Waals surface area contributed by atoms with Gasteiger partial charge in [0.2, 0.25) is 0 Å². The lowest BCUT2D eigenvalue weighted by molar-refractivity contribution is 0.409. The molecule has 1 fully saturated rings. The number of nitrogens with zero attached hydrogens (tertiary/aromatic N) is 3. The van der Waals surface area contributed by atoms with Crippen molar-refractivity contribution in [3.63, 3.8) is 0 Å². The number of aromatic nitrogens is 3. The van der Waals surface area contributed by atoms with Crippen molar-refractivity contribution in [1.29, 1.82) is 5.41 Å². The molecule has 5 heteroatoms. The summed E-state index contributed by atoms with van der Waals surface area (Å²) in [6, 6.07) is 2.12. The number of nitrogens with two attached hydrogens (primary N) is 1. The Morgan fingerprint density at radius 3 is 2.94 bits per heavy atom. The van der Waals surface area contributed by atoms with Gasteiger partial charge in [0.1, 0.15) is 11.5 Å². The van der Waals surface area contributed by atoms with Gasteiger partial charge in [-0.25, -0.2) is 4.52 Å². The summed E-state index contributed by atoms with van der Waals surface area (Å²) < 4.78 is 3.83. The predicted molar refractivity (Wildman–Crippen MR) is 61.7 cm³/mol. The van der Waals surface area contributed by atoms with Crippen LogP contribution in [0.1, 0.15) is 30.9 Å². The summed E-state index contributed by atoms with van der Waals surface area (Å²) >= 11 is 0. The van der Waals surface area contributed by atoms with E-state index in [0.717, 1.165) is 5.65 Å². The number of hydrogen-bond acceptors (Lipinski definition) is 2. The molecule has 5 nitrogen and oxygen atoms in total. The largest absolute Gasteiger partial charge is 0.386 e. The van der Waals surface area contributed by atoms with Gasteiger partial charge in [-0.1, -0.05) is 6.42 Å². The first kappa shape index (κ1) is 9.45. The molecule has 84 valence electrons. The molecule has 16 heavy (non-hydrogen) atoms. The van der Waals surface area contributed by atoms with Gasteiger partial charge in [0.05, 0.1) is 12.2 Å². The van der Waals surface area contributed by atoms with Crippen LogP contribution in [0.5, 0.6) is 0 Å². The molecule has 0 aromatic carbocycles. The van der Waals surface area contributed by atoms with E-state index < -0.39 is 0 Å². The second kappa shape index (κ2) is 3.37. The van der Waals surface area contributed by atoms with Crippen molar-refractivity contribution in [3.05, 3.63) is 24.2 Å². The average molecular weight is 217 g/mol. The summed E-state index contributed by atoms with van der Waals surface area (Å²) in [5.74, 6) is 0.815. The first-order valence-corrected chi connectivity index (χ1v) is 5.61. The Balaban J connectivity index is 1.97. The third kappa shape index (κ3) is 1.39. The zero-order valence-electron chi connectivity index (χ0n) is 9.06. The quantitative estimate of drug-likeness (QED) is 0.601. The molecule has 2 aromatic heterocycles. The molecule has 0 saturated heterocycles. The lowest BCUT2D eigenvalue weighted by Gasteiger charge is -2.22. The number of nitrogens with one attached hydrogen (secondary N) is 1. The van der Waals surface area contributed by atoms with Crippen LogP contribution in [-0.2, 0) is 6.54 Å². The van der Waals surface area contributed by atoms with E-state index in [1.165, 1.54) is 25.0 Å². The maximum atomic E-state index is 7.31. The highest BCUT2D eigenvalue weighted by Gasteiger charge is 2.22. The lowest BCUT2D eigenvalue weighted by atomic mass is 9.83. The molecule has 0 bridgehead atoms. The molecule has 0 radical (unpaired) electrons. The number of rotatable bonds is 3. The Labute approximate surface area is 93.4 Å². The molecule has 3 rings (SSSR count). The van der Waals surface area contributed by atoms with Gasteiger partial charge < -0.3 is 10.3 Å². The fraction of sp³-hybridized carbons (Fsp3) is 0.455. The fourth-order valence-electron chi connectivity index (χ4n) is 2.17. The second-order valence-corrected chi connectivity index (χ2v) is 4.45. The topological polar surface area (TPSA) is 72.1 Å². The third-order valence-electron chi connectivity index (χ3n) is 3.28. The van der Waals surface area contributed by atoms with Crippen molar-refractivity contribution in [2.45, 2.75) is 31.7 Å². The molecule has 0 unspecified atom stereocenters. The SMILES string of the molecule is N=C(N)Cn1ccn2nc(C3CCC3)cc12. The summed E-state index contributed by atoms with van der Waals surface area (Å²) in [4.78, 5) is 0. The molecule has 1 aliphatic carbocycles. The van der Waals surface area contributed by atoms with Crippen LogP contribution in [0.4, 0.5) is 0 Å². The molecule has 0 atom stereocenters. The Hall–Kier alpha value is -1.78. The summed E-state index contributed by atoms with van der Waals surface area (Å²) in [6.45, 7) is 0.437. The lowest BCUT2D eigenvalue weighted by Crippen LogP contribution is -2.17. The minimum absolute atomic E-state index is 0.171. The highest BCUT2D eigenvalue weighted by Crippen LogP contribution is 2.35. The molecule has 2 heterocycles. The summed E-state index contributed by atoms with van der Waals surface area (Å²) in [5, 5.41) is 11.9. The number of hydrogen-bond donors (Lipinski definition) is 2. The standard InChI is InChI=1S/C11H15N5/c12-10(13)7-15-4-5-16-11(15)6-9(14-16)8-2-1-3-8/h4-6,8H,1-3,7H2,(H3,12,13). The van der Waals surface area contributed by atoms with E-state index in [9.17, 15) is 0 Å². The second-order valence-electron chi connectivity index (χ2n) is 4.45. The van der Waals surface area contributed by atoms with Gasteiger partial charge in [-0.3, -0.25) is 5.41 Å². The number of fused-ring (bicyclic) bond motifs is 1. The van der Waals surface area contributed by atoms with Crippen LogP contribution in [0.15, 0.2) is 18.5 Å². The maximum absolute atomic E-state index is 7.31. The van der Waals surface area contributed by atoms with Crippen LogP contribution >= 0.6 is 0 Å². The summed E-state index contributed by atoms with van der Waals surface area (Å²) in [7, 11) is 0. The molecule has 1 saturated carbocycles. The molecule has 0 amide bonds. The fourth-order valence-corrected chi connectivity index (χ4v) is 2.17. The first-order chi connectivity index (χ1) is 7.74. The van der Waals surface area contributed by atoms with E-state index >= 15 is 0 Å². The summed E-state index contributed by atoms with van der Waals surface area (Å²) in [5.41, 5.74) is 7.62. The van der Waals surface area contributed by atoms with Crippen LogP contribution in [0, 0.1) is 5.41 Å². The molecule has 0 aliphatic heterocycles. The van der Waals surface area contributed by atoms with E-state index in [1.807, 2.05) is 21.5 Å². The zero-order chi connectivity index (χ0) is 11.1. The normalized spacial score (nSPS) is 16.5. The Morgan fingerprint density at radius 1 is 1.50 bits per heavy atom. The van der Waals surface area contributed by atoms with Crippen molar-refractivity contribution >= 4 is 11.5 Å². The molecule has 0 spiro atoms. The van der Waals surface area contributed by atoms with Crippen LogP contribution in [0.3, 0.4) is 0 Å². The molecule has 3 N–H and O–H groups in total. The van der Waals surface area contributed by atoms with Crippen LogP contribution in [0.2, 0.25) is 0 Å². The molecular formula is C11H15N5. The molecule has 2 aromatic rings. The van der Waals surface area contributed by atoms with Gasteiger partial charge in [-0.2, -0.15) is 5.10 Å². The monoisotopic (exact) mass is 217 g/mol. The van der Waals surface area contributed by atoms with Gasteiger partial charge in [-0.05, 0) is 12.8 Å². The van der Waals surface area contributed by atoms with Gasteiger partial charge >= 0.3 is 0 Å². The predicted octanol–water partition coefficient (Wildman–Crippen LogP) is 1.34. The van der Waals surface area contributed by atoms with Crippen LogP contribution < -0.4 is 5.73 Å². The van der Waals surface area contributed by atoms with Crippen molar-refractivity contribution < 1.29 is 0 Å². The third-order valence-corrected chi connectivity index (χ3v) is 3.28. The van der Waals surface area contributed by atoms with Gasteiger partial charge in [0.25, 0.3) is 0 Å². The smallest absolute Gasteiger partial charge is 0.136 e. The van der Waals surface area contributed by atoms with Crippen molar-refractivity contribution in [1.82, 2.24) is 14.2 Å². The Morgan fingerprint density at radius 2 is 2.31 bits per heavy atom. The highest BCUT2D eigenvalue weighted by atomic mass is 15.3. The van der Waals surface area contributed by atoms with Crippen LogP contribution in [-0.4, -0.2) is 20.0 Å². The average Bonchev–Trinajstić information content (AvgIpc) is 2.64. The van der Waals surface area contributed by atoms with E-state index in [-0.39, 0.29) is 5.84 Å². The van der Waals surface area contributed by atoms with Crippen molar-refractivity contribution in [2.24, 2.45) is 5.73 Å². The first-order valence-electron chi connectivity index (χ1n) is 5.61. The van der Waals surface area contributed by atoms with Crippen LogP contribution in [0.25, 0.3) is 5.65 Å². The molecule has 1 aliphatic rings. The van der Waals surface area contributed by atoms with Crippen molar-refractivity contribution in [3.8, 4) is 0 Å². The molecular weight excluding hydrogens is 202 g/mol. The Kier molecular flexibility index (Phi) is 1.99. The maximum Gasteiger partial charge on any atom is 0.136 e. The minimum Gasteiger partial charge on any atom is -0.386 e.